The Morgan fingerprint density at radius 2 is 1.96 bits per heavy atom. The molecule has 1 aliphatic rings. The first-order valence-electron chi connectivity index (χ1n) is 8.92. The average molecular weight is 497 g/mol. The van der Waals surface area contributed by atoms with E-state index >= 15 is 0 Å². The first-order chi connectivity index (χ1) is 12.2. The van der Waals surface area contributed by atoms with Gasteiger partial charge in [-0.3, -0.25) is 4.90 Å². The number of nitrogens with zero attached hydrogens (tertiary/aromatic N) is 2. The van der Waals surface area contributed by atoms with E-state index in [-0.39, 0.29) is 30.1 Å². The minimum atomic E-state index is -0.0177. The summed E-state index contributed by atoms with van der Waals surface area (Å²) < 4.78 is 11.2. The zero-order valence-electron chi connectivity index (χ0n) is 15.5. The number of hydrogen-bond acceptors (Lipinski definition) is 4. The van der Waals surface area contributed by atoms with Crippen LogP contribution in [-0.2, 0) is 4.74 Å². The van der Waals surface area contributed by atoms with Crippen LogP contribution in [-0.4, -0.2) is 69.4 Å². The fourth-order valence-corrected chi connectivity index (χ4v) is 2.63. The molecule has 2 rings (SSSR count). The Morgan fingerprint density at radius 1 is 1.27 bits per heavy atom. The van der Waals surface area contributed by atoms with E-state index in [1.807, 2.05) is 31.2 Å². The van der Waals surface area contributed by atoms with Crippen LogP contribution >= 0.6 is 35.6 Å². The molecule has 0 radical (unpaired) electrons. The molecular weight excluding hydrogens is 467 g/mol. The molecule has 8 heteroatoms. The van der Waals surface area contributed by atoms with Crippen molar-refractivity contribution >= 4 is 41.5 Å². The molecule has 1 aliphatic heterocycles. The molecule has 6 nitrogen and oxygen atoms in total. The molecule has 1 fully saturated rings. The third kappa shape index (κ3) is 9.25. The van der Waals surface area contributed by atoms with Gasteiger partial charge in [0.05, 0.1) is 19.8 Å². The smallest absolute Gasteiger partial charge is 0.191 e. The van der Waals surface area contributed by atoms with Gasteiger partial charge in [-0.05, 0) is 38.1 Å². The molecule has 1 atom stereocenters. The molecule has 1 unspecified atom stereocenters. The van der Waals surface area contributed by atoms with Gasteiger partial charge in [0.2, 0.25) is 0 Å². The van der Waals surface area contributed by atoms with Gasteiger partial charge in [0.15, 0.2) is 5.96 Å². The number of rotatable bonds is 8. The monoisotopic (exact) mass is 496 g/mol. The highest BCUT2D eigenvalue weighted by Crippen LogP contribution is 2.16. The van der Waals surface area contributed by atoms with E-state index in [9.17, 15) is 0 Å². The molecule has 0 spiro atoms. The predicted octanol–water partition coefficient (Wildman–Crippen LogP) is 2.61. The number of morpholine rings is 1. The van der Waals surface area contributed by atoms with Gasteiger partial charge in [0.25, 0.3) is 0 Å². The summed E-state index contributed by atoms with van der Waals surface area (Å²) in [6, 6.07) is 7.39. The fraction of sp³-hybridized carbons (Fsp3) is 0.611. The summed E-state index contributed by atoms with van der Waals surface area (Å²) in [6.45, 7) is 11.0. The summed E-state index contributed by atoms with van der Waals surface area (Å²) in [5.41, 5.74) is 0. The van der Waals surface area contributed by atoms with Gasteiger partial charge in [-0.2, -0.15) is 0 Å². The third-order valence-electron chi connectivity index (χ3n) is 3.83. The normalized spacial score (nSPS) is 16.5. The molecule has 0 bridgehead atoms. The lowest BCUT2D eigenvalue weighted by Gasteiger charge is -2.26. The molecule has 0 amide bonds. The Kier molecular flexibility index (Phi) is 12.0. The van der Waals surface area contributed by atoms with Crippen molar-refractivity contribution in [1.29, 1.82) is 0 Å². The van der Waals surface area contributed by atoms with Crippen molar-refractivity contribution in [2.75, 3.05) is 52.5 Å². The van der Waals surface area contributed by atoms with E-state index in [1.165, 1.54) is 0 Å². The lowest BCUT2D eigenvalue weighted by Crippen LogP contribution is -2.44. The molecule has 0 aliphatic carbocycles. The molecule has 1 saturated heterocycles. The van der Waals surface area contributed by atoms with Crippen molar-refractivity contribution in [3.63, 3.8) is 0 Å². The molecule has 1 aromatic rings. The zero-order chi connectivity index (χ0) is 17.9. The molecule has 0 saturated carbocycles. The standard InChI is InChI=1S/C18H29ClN4O2.HI/c1-3-20-18(21-8-9-23-10-12-24-13-11-23)22-14-15(2)25-17-6-4-16(19)5-7-17;/h4-7,15H,3,8-14H2,1-2H3,(H2,20,21,22);1H. The molecule has 1 aromatic carbocycles. The van der Waals surface area contributed by atoms with E-state index in [4.69, 9.17) is 21.1 Å². The zero-order valence-corrected chi connectivity index (χ0v) is 18.6. The van der Waals surface area contributed by atoms with Crippen molar-refractivity contribution in [3.8, 4) is 5.75 Å². The fourth-order valence-electron chi connectivity index (χ4n) is 2.50. The number of aliphatic imine (C=N–C) groups is 1. The highest BCUT2D eigenvalue weighted by atomic mass is 127. The SMILES string of the molecule is CCNC(=NCC(C)Oc1ccc(Cl)cc1)NCCN1CCOCC1.I. The Balaban J connectivity index is 0.00000338. The number of ether oxygens (including phenoxy) is 2. The summed E-state index contributed by atoms with van der Waals surface area (Å²) >= 11 is 5.89. The Morgan fingerprint density at radius 3 is 2.62 bits per heavy atom. The second-order valence-electron chi connectivity index (χ2n) is 5.98. The van der Waals surface area contributed by atoms with Crippen LogP contribution in [0.1, 0.15) is 13.8 Å². The lowest BCUT2D eigenvalue weighted by molar-refractivity contribution is 0.0389. The molecular formula is C18H30ClIN4O2. The number of hydrogen-bond donors (Lipinski definition) is 2. The number of halogens is 2. The van der Waals surface area contributed by atoms with Gasteiger partial charge in [-0.15, -0.1) is 24.0 Å². The van der Waals surface area contributed by atoms with Crippen LogP contribution in [0.15, 0.2) is 29.3 Å². The van der Waals surface area contributed by atoms with Crippen LogP contribution in [0.25, 0.3) is 0 Å². The van der Waals surface area contributed by atoms with Crippen LogP contribution in [0.2, 0.25) is 5.02 Å². The highest BCUT2D eigenvalue weighted by Gasteiger charge is 2.10. The summed E-state index contributed by atoms with van der Waals surface area (Å²) in [6.07, 6.45) is -0.0177. The number of nitrogens with one attached hydrogen (secondary N) is 2. The predicted molar refractivity (Wildman–Crippen MR) is 118 cm³/mol. The minimum Gasteiger partial charge on any atom is -0.489 e. The second-order valence-corrected chi connectivity index (χ2v) is 6.42. The lowest BCUT2D eigenvalue weighted by atomic mass is 10.3. The van der Waals surface area contributed by atoms with Crippen molar-refractivity contribution in [2.45, 2.75) is 20.0 Å². The maximum absolute atomic E-state index is 5.89. The molecule has 1 heterocycles. The van der Waals surface area contributed by atoms with E-state index in [0.29, 0.717) is 11.6 Å². The summed E-state index contributed by atoms with van der Waals surface area (Å²) in [4.78, 5) is 7.01. The number of benzene rings is 1. The third-order valence-corrected chi connectivity index (χ3v) is 4.08. The van der Waals surface area contributed by atoms with Crippen LogP contribution in [0, 0.1) is 0 Å². The topological polar surface area (TPSA) is 58.1 Å². The van der Waals surface area contributed by atoms with E-state index in [2.05, 4.69) is 27.4 Å². The molecule has 2 N–H and O–H groups in total. The maximum atomic E-state index is 5.89. The van der Waals surface area contributed by atoms with Crippen molar-refractivity contribution in [1.82, 2.24) is 15.5 Å². The molecule has 0 aromatic heterocycles. The number of guanidine groups is 1. The van der Waals surface area contributed by atoms with Crippen molar-refractivity contribution in [3.05, 3.63) is 29.3 Å². The second kappa shape index (κ2) is 13.4. The van der Waals surface area contributed by atoms with Crippen molar-refractivity contribution in [2.24, 2.45) is 4.99 Å². The summed E-state index contributed by atoms with van der Waals surface area (Å²) in [7, 11) is 0. The van der Waals surface area contributed by atoms with E-state index in [0.717, 1.165) is 57.6 Å². The van der Waals surface area contributed by atoms with Crippen molar-refractivity contribution < 1.29 is 9.47 Å². The van der Waals surface area contributed by atoms with Gasteiger partial charge in [-0.1, -0.05) is 11.6 Å². The average Bonchev–Trinajstić information content (AvgIpc) is 2.62. The maximum Gasteiger partial charge on any atom is 0.191 e. The van der Waals surface area contributed by atoms with Gasteiger partial charge >= 0.3 is 0 Å². The highest BCUT2D eigenvalue weighted by molar-refractivity contribution is 14.0. The quantitative estimate of drug-likeness (QED) is 0.329. The van der Waals surface area contributed by atoms with Crippen LogP contribution in [0.4, 0.5) is 0 Å². The van der Waals surface area contributed by atoms with Crippen LogP contribution in [0.5, 0.6) is 5.75 Å². The van der Waals surface area contributed by atoms with Gasteiger partial charge in [0.1, 0.15) is 11.9 Å². The Labute approximate surface area is 178 Å². The minimum absolute atomic E-state index is 0. The first kappa shape index (κ1) is 23.3. The Hall–Kier alpha value is -0.770. The van der Waals surface area contributed by atoms with Gasteiger partial charge in [0, 0.05) is 37.7 Å². The summed E-state index contributed by atoms with van der Waals surface area (Å²) in [5, 5.41) is 7.35. The van der Waals surface area contributed by atoms with Gasteiger partial charge in [-0.25, -0.2) is 4.99 Å². The largest absolute Gasteiger partial charge is 0.489 e. The Bertz CT molecular complexity index is 524. The van der Waals surface area contributed by atoms with Crippen LogP contribution < -0.4 is 15.4 Å². The van der Waals surface area contributed by atoms with Crippen LogP contribution in [0.3, 0.4) is 0 Å². The molecule has 26 heavy (non-hydrogen) atoms. The van der Waals surface area contributed by atoms with Gasteiger partial charge < -0.3 is 20.1 Å². The summed E-state index contributed by atoms with van der Waals surface area (Å²) in [5.74, 6) is 1.62. The van der Waals surface area contributed by atoms with E-state index in [1.54, 1.807) is 0 Å². The van der Waals surface area contributed by atoms with E-state index < -0.39 is 0 Å². The molecule has 148 valence electrons. The first-order valence-corrected chi connectivity index (χ1v) is 9.29.